The first-order chi connectivity index (χ1) is 7.02. The van der Waals surface area contributed by atoms with Gasteiger partial charge in [-0.3, -0.25) is 9.00 Å². The number of carboxylic acid groups (broad SMARTS) is 1. The van der Waals surface area contributed by atoms with Gasteiger partial charge in [-0.05, 0) is 19.1 Å². The third-order valence-electron chi connectivity index (χ3n) is 1.88. The highest BCUT2D eigenvalue weighted by Gasteiger charge is 2.18. The molecule has 0 aliphatic rings. The van der Waals surface area contributed by atoms with Gasteiger partial charge in [-0.25, -0.2) is 4.39 Å². The molecule has 0 bridgehead atoms. The molecule has 1 aromatic carbocycles. The van der Waals surface area contributed by atoms with Gasteiger partial charge in [0.1, 0.15) is 5.82 Å². The van der Waals surface area contributed by atoms with Gasteiger partial charge in [0, 0.05) is 5.25 Å². The molecular weight excluding hydrogens is 219 g/mol. The normalized spacial score (nSPS) is 14.5. The lowest BCUT2D eigenvalue weighted by Crippen LogP contribution is -2.16. The van der Waals surface area contributed by atoms with E-state index in [2.05, 4.69) is 0 Å². The average molecular weight is 230 g/mol. The van der Waals surface area contributed by atoms with E-state index < -0.39 is 27.8 Å². The molecule has 2 unspecified atom stereocenters. The first-order valence-corrected chi connectivity index (χ1v) is 5.60. The lowest BCUT2D eigenvalue weighted by molar-refractivity contribution is -0.136. The Morgan fingerprint density at radius 2 is 2.13 bits per heavy atom. The van der Waals surface area contributed by atoms with Gasteiger partial charge >= 0.3 is 5.97 Å². The fourth-order valence-electron chi connectivity index (χ4n) is 1.15. The third-order valence-corrected chi connectivity index (χ3v) is 3.54. The highest BCUT2D eigenvalue weighted by Crippen LogP contribution is 2.16. The van der Waals surface area contributed by atoms with Crippen molar-refractivity contribution in [1.29, 1.82) is 0 Å². The molecule has 0 aliphatic carbocycles. The molecule has 0 spiro atoms. The second-order valence-electron chi connectivity index (χ2n) is 3.14. The summed E-state index contributed by atoms with van der Waals surface area (Å²) in [5.41, 5.74) is 0. The van der Waals surface area contributed by atoms with Crippen molar-refractivity contribution in [3.63, 3.8) is 0 Å². The Hall–Kier alpha value is -1.23. The Bertz CT molecular complexity index is 392. The quantitative estimate of drug-likeness (QED) is 0.858. The number of carbonyl (C=O) groups is 1. The number of carboxylic acids is 1. The van der Waals surface area contributed by atoms with Crippen LogP contribution < -0.4 is 0 Å². The summed E-state index contributed by atoms with van der Waals surface area (Å²) >= 11 is 0. The minimum atomic E-state index is -1.62. The number of halogens is 1. The van der Waals surface area contributed by atoms with Gasteiger partial charge < -0.3 is 5.11 Å². The van der Waals surface area contributed by atoms with E-state index in [0.29, 0.717) is 0 Å². The SMILES string of the molecule is CC(CC(=O)O)S(=O)c1ccccc1F. The first kappa shape index (κ1) is 11.8. The predicted molar refractivity (Wildman–Crippen MR) is 54.5 cm³/mol. The van der Waals surface area contributed by atoms with Crippen LogP contribution in [0.25, 0.3) is 0 Å². The highest BCUT2D eigenvalue weighted by molar-refractivity contribution is 7.85. The molecule has 1 aromatic rings. The molecule has 0 aliphatic heterocycles. The van der Waals surface area contributed by atoms with Crippen LogP contribution in [0.2, 0.25) is 0 Å². The Balaban J connectivity index is 2.85. The Kier molecular flexibility index (Phi) is 3.96. The van der Waals surface area contributed by atoms with E-state index in [-0.39, 0.29) is 11.3 Å². The van der Waals surface area contributed by atoms with Crippen LogP contribution in [0.5, 0.6) is 0 Å². The summed E-state index contributed by atoms with van der Waals surface area (Å²) in [4.78, 5) is 10.5. The van der Waals surface area contributed by atoms with E-state index >= 15 is 0 Å². The highest BCUT2D eigenvalue weighted by atomic mass is 32.2. The Labute approximate surface area is 89.4 Å². The van der Waals surface area contributed by atoms with E-state index in [4.69, 9.17) is 5.11 Å². The fourth-order valence-corrected chi connectivity index (χ4v) is 2.35. The van der Waals surface area contributed by atoms with Crippen molar-refractivity contribution in [2.75, 3.05) is 0 Å². The zero-order valence-corrected chi connectivity index (χ0v) is 8.96. The molecule has 0 saturated carbocycles. The third kappa shape index (κ3) is 3.13. The second-order valence-corrected chi connectivity index (χ2v) is 4.98. The molecule has 0 heterocycles. The van der Waals surface area contributed by atoms with Gasteiger partial charge in [-0.2, -0.15) is 0 Å². The summed E-state index contributed by atoms with van der Waals surface area (Å²) in [5.74, 6) is -1.60. The van der Waals surface area contributed by atoms with Crippen molar-refractivity contribution in [3.05, 3.63) is 30.1 Å². The number of aliphatic carboxylic acids is 1. The van der Waals surface area contributed by atoms with Gasteiger partial charge in [0.15, 0.2) is 0 Å². The Morgan fingerprint density at radius 1 is 1.53 bits per heavy atom. The van der Waals surface area contributed by atoms with Crippen molar-refractivity contribution in [1.82, 2.24) is 0 Å². The zero-order valence-electron chi connectivity index (χ0n) is 8.14. The molecule has 1 rings (SSSR count). The molecule has 15 heavy (non-hydrogen) atoms. The molecule has 82 valence electrons. The van der Waals surface area contributed by atoms with Crippen molar-refractivity contribution in [2.45, 2.75) is 23.5 Å². The standard InChI is InChI=1S/C10H11FO3S/c1-7(6-10(12)13)15(14)9-5-3-2-4-8(9)11/h2-5,7H,6H2,1H3,(H,12,13). The number of hydrogen-bond donors (Lipinski definition) is 1. The molecule has 0 amide bonds. The zero-order chi connectivity index (χ0) is 11.4. The molecule has 0 fully saturated rings. The van der Waals surface area contributed by atoms with Crippen molar-refractivity contribution >= 4 is 16.8 Å². The van der Waals surface area contributed by atoms with E-state index in [1.54, 1.807) is 6.07 Å². The summed E-state index contributed by atoms with van der Waals surface area (Å²) < 4.78 is 24.9. The average Bonchev–Trinajstić information content (AvgIpc) is 2.16. The molecule has 3 nitrogen and oxygen atoms in total. The molecule has 0 saturated heterocycles. The van der Waals surface area contributed by atoms with E-state index in [1.165, 1.54) is 25.1 Å². The maximum Gasteiger partial charge on any atom is 0.304 e. The Morgan fingerprint density at radius 3 is 2.67 bits per heavy atom. The summed E-state index contributed by atoms with van der Waals surface area (Å²) in [5, 5.41) is 7.92. The topological polar surface area (TPSA) is 54.4 Å². The molecule has 5 heteroatoms. The lowest BCUT2D eigenvalue weighted by atomic mass is 10.3. The molecule has 1 N–H and O–H groups in total. The summed E-state index contributed by atoms with van der Waals surface area (Å²) in [6.07, 6.45) is -0.235. The predicted octanol–water partition coefficient (Wildman–Crippen LogP) is 1.80. The lowest BCUT2D eigenvalue weighted by Gasteiger charge is -2.09. The molecule has 0 radical (unpaired) electrons. The largest absolute Gasteiger partial charge is 0.481 e. The van der Waals surface area contributed by atoms with E-state index in [9.17, 15) is 13.4 Å². The van der Waals surface area contributed by atoms with Crippen molar-refractivity contribution < 1.29 is 18.5 Å². The van der Waals surface area contributed by atoms with Gasteiger partial charge in [0.2, 0.25) is 0 Å². The minimum absolute atomic E-state index is 0.0613. The van der Waals surface area contributed by atoms with Crippen LogP contribution >= 0.6 is 0 Å². The van der Waals surface area contributed by atoms with Crippen molar-refractivity contribution in [2.24, 2.45) is 0 Å². The van der Waals surface area contributed by atoms with Crippen molar-refractivity contribution in [3.8, 4) is 0 Å². The number of rotatable bonds is 4. The smallest absolute Gasteiger partial charge is 0.304 e. The van der Waals surface area contributed by atoms with E-state index in [1.807, 2.05) is 0 Å². The summed E-state index contributed by atoms with van der Waals surface area (Å²) in [6, 6.07) is 5.69. The van der Waals surface area contributed by atoms with Crippen LogP contribution in [0.15, 0.2) is 29.2 Å². The van der Waals surface area contributed by atoms with Crippen LogP contribution in [-0.4, -0.2) is 20.5 Å². The molecular formula is C10H11FO3S. The van der Waals surface area contributed by atoms with Crippen LogP contribution in [0.4, 0.5) is 4.39 Å². The van der Waals surface area contributed by atoms with Gasteiger partial charge in [0.25, 0.3) is 0 Å². The van der Waals surface area contributed by atoms with Gasteiger partial charge in [0.05, 0.1) is 22.1 Å². The van der Waals surface area contributed by atoms with Crippen LogP contribution in [0.1, 0.15) is 13.3 Å². The van der Waals surface area contributed by atoms with E-state index in [0.717, 1.165) is 0 Å². The second kappa shape index (κ2) is 5.02. The fraction of sp³-hybridized carbons (Fsp3) is 0.300. The summed E-state index contributed by atoms with van der Waals surface area (Å²) in [6.45, 7) is 1.52. The number of benzene rings is 1. The van der Waals surface area contributed by atoms with Crippen LogP contribution in [0, 0.1) is 5.82 Å². The first-order valence-electron chi connectivity index (χ1n) is 4.39. The van der Waals surface area contributed by atoms with Gasteiger partial charge in [-0.15, -0.1) is 0 Å². The number of hydrogen-bond acceptors (Lipinski definition) is 2. The molecule has 2 atom stereocenters. The van der Waals surface area contributed by atoms with Crippen LogP contribution in [0.3, 0.4) is 0 Å². The molecule has 0 aromatic heterocycles. The van der Waals surface area contributed by atoms with Gasteiger partial charge in [-0.1, -0.05) is 12.1 Å². The maximum absolute atomic E-state index is 13.2. The maximum atomic E-state index is 13.2. The monoisotopic (exact) mass is 230 g/mol. The summed E-state index contributed by atoms with van der Waals surface area (Å²) in [7, 11) is -1.62. The van der Waals surface area contributed by atoms with Crippen LogP contribution in [-0.2, 0) is 15.6 Å². The minimum Gasteiger partial charge on any atom is -0.481 e.